The lowest BCUT2D eigenvalue weighted by atomic mass is 9.87. The molecular weight excluding hydrogens is 208 g/mol. The number of carbonyl (C=O) groups excluding carboxylic acids is 1. The van der Waals surface area contributed by atoms with Crippen molar-refractivity contribution in [3.05, 3.63) is 11.6 Å². The second kappa shape index (κ2) is 6.30. The Hall–Kier alpha value is -1.32. The van der Waals surface area contributed by atoms with E-state index in [1.54, 1.807) is 6.08 Å². The first kappa shape index (κ1) is 12.7. The van der Waals surface area contributed by atoms with E-state index in [0.29, 0.717) is 5.92 Å². The molecule has 0 heterocycles. The minimum atomic E-state index is -0.993. The summed E-state index contributed by atoms with van der Waals surface area (Å²) in [5, 5.41) is 8.71. The fraction of sp³-hybridized carbons (Fsp3) is 0.667. The highest BCUT2D eigenvalue weighted by atomic mass is 16.5. The molecule has 0 aromatic rings. The number of allylic oxidation sites excluding steroid dienone is 1. The van der Waals surface area contributed by atoms with Crippen LogP contribution in [-0.4, -0.2) is 24.2 Å². The number of esters is 1. The van der Waals surface area contributed by atoms with E-state index in [4.69, 9.17) is 5.11 Å². The summed E-state index contributed by atoms with van der Waals surface area (Å²) in [6.07, 6.45) is 7.17. The Morgan fingerprint density at radius 3 is 2.44 bits per heavy atom. The normalized spacial score (nSPS) is 18.2. The van der Waals surface area contributed by atoms with Crippen molar-refractivity contribution >= 4 is 11.9 Å². The van der Waals surface area contributed by atoms with Gasteiger partial charge in [-0.3, -0.25) is 4.79 Å². The van der Waals surface area contributed by atoms with Crippen molar-refractivity contribution in [1.82, 2.24) is 0 Å². The van der Waals surface area contributed by atoms with E-state index in [2.05, 4.69) is 4.74 Å². The van der Waals surface area contributed by atoms with Crippen LogP contribution >= 0.6 is 0 Å². The van der Waals surface area contributed by atoms with Crippen LogP contribution in [0.2, 0.25) is 0 Å². The summed E-state index contributed by atoms with van der Waals surface area (Å²) in [7, 11) is 1.28. The molecule has 0 amide bonds. The molecule has 0 aliphatic heterocycles. The van der Waals surface area contributed by atoms with Crippen LogP contribution in [0, 0.1) is 5.92 Å². The molecular formula is C12H18O4. The van der Waals surface area contributed by atoms with Crippen molar-refractivity contribution < 1.29 is 19.4 Å². The number of aliphatic carboxylic acids is 1. The van der Waals surface area contributed by atoms with Gasteiger partial charge in [-0.25, -0.2) is 4.79 Å². The molecule has 90 valence electrons. The highest BCUT2D eigenvalue weighted by Crippen LogP contribution is 2.26. The van der Waals surface area contributed by atoms with E-state index in [1.165, 1.54) is 13.5 Å². The fourth-order valence-corrected chi connectivity index (χ4v) is 2.08. The van der Waals surface area contributed by atoms with E-state index in [-0.39, 0.29) is 12.0 Å². The predicted octanol–water partition coefficient (Wildman–Crippen LogP) is 2.14. The van der Waals surface area contributed by atoms with Crippen molar-refractivity contribution in [3.63, 3.8) is 0 Å². The first-order valence-electron chi connectivity index (χ1n) is 5.64. The van der Waals surface area contributed by atoms with E-state index in [0.717, 1.165) is 25.7 Å². The first-order chi connectivity index (χ1) is 7.63. The lowest BCUT2D eigenvalue weighted by Crippen LogP contribution is -2.12. The Morgan fingerprint density at radius 1 is 1.31 bits per heavy atom. The van der Waals surface area contributed by atoms with Gasteiger partial charge in [0.2, 0.25) is 0 Å². The number of carboxylic acid groups (broad SMARTS) is 1. The molecule has 0 radical (unpaired) electrons. The van der Waals surface area contributed by atoms with Crippen LogP contribution in [-0.2, 0) is 14.3 Å². The third kappa shape index (κ3) is 4.04. The average Bonchev–Trinajstić information content (AvgIpc) is 2.28. The van der Waals surface area contributed by atoms with E-state index >= 15 is 0 Å². The second-order valence-corrected chi connectivity index (χ2v) is 4.15. The summed E-state index contributed by atoms with van der Waals surface area (Å²) in [5.41, 5.74) is 0.280. The second-order valence-electron chi connectivity index (χ2n) is 4.15. The molecule has 1 fully saturated rings. The lowest BCUT2D eigenvalue weighted by Gasteiger charge is -2.18. The highest BCUT2D eigenvalue weighted by Gasteiger charge is 2.18. The summed E-state index contributed by atoms with van der Waals surface area (Å²) >= 11 is 0. The summed E-state index contributed by atoms with van der Waals surface area (Å²) in [4.78, 5) is 22.0. The molecule has 4 nitrogen and oxygen atoms in total. The molecule has 0 spiro atoms. The van der Waals surface area contributed by atoms with E-state index in [9.17, 15) is 9.59 Å². The number of carbonyl (C=O) groups is 2. The van der Waals surface area contributed by atoms with Crippen LogP contribution < -0.4 is 0 Å². The Kier molecular flexibility index (Phi) is 5.02. The van der Waals surface area contributed by atoms with Gasteiger partial charge >= 0.3 is 11.9 Å². The van der Waals surface area contributed by atoms with Gasteiger partial charge in [0, 0.05) is 5.57 Å². The van der Waals surface area contributed by atoms with E-state index in [1.807, 2.05) is 0 Å². The summed E-state index contributed by atoms with van der Waals surface area (Å²) in [6.45, 7) is 0. The van der Waals surface area contributed by atoms with Crippen LogP contribution in [0.1, 0.15) is 38.5 Å². The molecule has 16 heavy (non-hydrogen) atoms. The molecule has 0 saturated heterocycles. The van der Waals surface area contributed by atoms with Crippen molar-refractivity contribution in [3.8, 4) is 0 Å². The van der Waals surface area contributed by atoms with Crippen LogP contribution in [0.3, 0.4) is 0 Å². The topological polar surface area (TPSA) is 63.6 Å². The average molecular weight is 226 g/mol. The minimum Gasteiger partial charge on any atom is -0.481 e. The summed E-state index contributed by atoms with van der Waals surface area (Å²) in [5.74, 6) is -1.18. The predicted molar refractivity (Wildman–Crippen MR) is 58.9 cm³/mol. The largest absolute Gasteiger partial charge is 0.481 e. The number of carboxylic acids is 1. The van der Waals surface area contributed by atoms with Crippen LogP contribution in [0.5, 0.6) is 0 Å². The Morgan fingerprint density at radius 2 is 1.94 bits per heavy atom. The number of rotatable bonds is 4. The van der Waals surface area contributed by atoms with Crippen molar-refractivity contribution in [1.29, 1.82) is 0 Å². The van der Waals surface area contributed by atoms with Crippen molar-refractivity contribution in [2.75, 3.05) is 7.11 Å². The summed E-state index contributed by atoms with van der Waals surface area (Å²) < 4.78 is 4.58. The zero-order valence-electron chi connectivity index (χ0n) is 9.57. The highest BCUT2D eigenvalue weighted by molar-refractivity contribution is 5.93. The zero-order valence-corrected chi connectivity index (χ0v) is 9.57. The lowest BCUT2D eigenvalue weighted by molar-refractivity contribution is -0.141. The number of hydrogen-bond donors (Lipinski definition) is 1. The molecule has 4 heteroatoms. The monoisotopic (exact) mass is 226 g/mol. The maximum absolute atomic E-state index is 11.4. The molecule has 1 N–H and O–H groups in total. The molecule has 1 aliphatic carbocycles. The van der Waals surface area contributed by atoms with Crippen molar-refractivity contribution in [2.24, 2.45) is 5.92 Å². The van der Waals surface area contributed by atoms with Gasteiger partial charge in [-0.05, 0) is 18.8 Å². The van der Waals surface area contributed by atoms with Gasteiger partial charge in [0.1, 0.15) is 0 Å². The van der Waals surface area contributed by atoms with Gasteiger partial charge in [0.05, 0.1) is 13.5 Å². The maximum atomic E-state index is 11.4. The SMILES string of the molecule is COC(=O)/C(=C/C1CCCCC1)CC(=O)O. The van der Waals surface area contributed by atoms with Gasteiger partial charge < -0.3 is 9.84 Å². The number of methoxy groups -OCH3 is 1. The quantitative estimate of drug-likeness (QED) is 0.589. The van der Waals surface area contributed by atoms with Gasteiger partial charge in [-0.1, -0.05) is 25.3 Å². The minimum absolute atomic E-state index is 0.247. The first-order valence-corrected chi connectivity index (χ1v) is 5.64. The van der Waals surface area contributed by atoms with Crippen LogP contribution in [0.15, 0.2) is 11.6 Å². The van der Waals surface area contributed by atoms with Gasteiger partial charge in [0.15, 0.2) is 0 Å². The third-order valence-corrected chi connectivity index (χ3v) is 2.88. The Labute approximate surface area is 95.3 Å². The zero-order chi connectivity index (χ0) is 12.0. The van der Waals surface area contributed by atoms with Crippen molar-refractivity contribution in [2.45, 2.75) is 38.5 Å². The Bertz CT molecular complexity index is 287. The smallest absolute Gasteiger partial charge is 0.334 e. The molecule has 1 saturated carbocycles. The van der Waals surface area contributed by atoms with Gasteiger partial charge in [-0.2, -0.15) is 0 Å². The van der Waals surface area contributed by atoms with Gasteiger partial charge in [-0.15, -0.1) is 0 Å². The summed E-state index contributed by atoms with van der Waals surface area (Å²) in [6, 6.07) is 0. The number of ether oxygens (including phenoxy) is 1. The third-order valence-electron chi connectivity index (χ3n) is 2.88. The fourth-order valence-electron chi connectivity index (χ4n) is 2.08. The van der Waals surface area contributed by atoms with E-state index < -0.39 is 11.9 Å². The van der Waals surface area contributed by atoms with Gasteiger partial charge in [0.25, 0.3) is 0 Å². The Balaban J connectivity index is 2.69. The number of hydrogen-bond acceptors (Lipinski definition) is 3. The molecule has 0 unspecified atom stereocenters. The molecule has 1 aliphatic rings. The van der Waals surface area contributed by atoms with Crippen LogP contribution in [0.25, 0.3) is 0 Å². The molecule has 0 aromatic carbocycles. The molecule has 1 rings (SSSR count). The molecule has 0 atom stereocenters. The maximum Gasteiger partial charge on any atom is 0.334 e. The van der Waals surface area contributed by atoms with Crippen LogP contribution in [0.4, 0.5) is 0 Å². The standard InChI is InChI=1S/C12H18O4/c1-16-12(15)10(8-11(13)14)7-9-5-3-2-4-6-9/h7,9H,2-6,8H2,1H3,(H,13,14)/b10-7+. The molecule has 0 aromatic heterocycles. The molecule has 0 bridgehead atoms.